The van der Waals surface area contributed by atoms with Crippen molar-refractivity contribution in [2.75, 3.05) is 7.11 Å². The van der Waals surface area contributed by atoms with Crippen molar-refractivity contribution < 1.29 is 14.6 Å². The molecule has 0 bridgehead atoms. The molecule has 1 N–H and O–H groups in total. The predicted molar refractivity (Wildman–Crippen MR) is 61.7 cm³/mol. The molecular weight excluding hydrogens is 204 g/mol. The van der Waals surface area contributed by atoms with Crippen molar-refractivity contribution in [1.82, 2.24) is 0 Å². The molecule has 86 valence electrons. The standard InChI is InChI=1S/C13H16O3/c1-4-11(12(14)16-3)13(2,15)10-8-6-5-7-9-10/h4-9,11,15H,1H2,2-3H3/t11-,13+/m1/s1. The Kier molecular flexibility index (Phi) is 3.85. The number of carbonyl (C=O) groups excluding carboxylic acids is 1. The molecule has 3 heteroatoms. The van der Waals surface area contributed by atoms with E-state index >= 15 is 0 Å². The fraction of sp³-hybridized carbons (Fsp3) is 0.308. The lowest BCUT2D eigenvalue weighted by Crippen LogP contribution is -2.36. The Morgan fingerprint density at radius 3 is 2.50 bits per heavy atom. The van der Waals surface area contributed by atoms with E-state index in [2.05, 4.69) is 11.3 Å². The molecule has 16 heavy (non-hydrogen) atoms. The minimum absolute atomic E-state index is 0.496. The number of hydrogen-bond donors (Lipinski definition) is 1. The molecule has 1 aromatic rings. The van der Waals surface area contributed by atoms with Crippen LogP contribution in [0, 0.1) is 5.92 Å². The van der Waals surface area contributed by atoms with Gasteiger partial charge in [-0.05, 0) is 12.5 Å². The van der Waals surface area contributed by atoms with Gasteiger partial charge in [0.15, 0.2) is 0 Å². The Morgan fingerprint density at radius 2 is 2.06 bits per heavy atom. The number of methoxy groups -OCH3 is 1. The van der Waals surface area contributed by atoms with Gasteiger partial charge in [0.25, 0.3) is 0 Å². The highest BCUT2D eigenvalue weighted by Crippen LogP contribution is 2.30. The Hall–Kier alpha value is -1.61. The quantitative estimate of drug-likeness (QED) is 0.622. The first kappa shape index (κ1) is 12.5. The topological polar surface area (TPSA) is 46.5 Å². The molecule has 2 atom stereocenters. The summed E-state index contributed by atoms with van der Waals surface area (Å²) in [5, 5.41) is 10.4. The van der Waals surface area contributed by atoms with E-state index in [-0.39, 0.29) is 0 Å². The van der Waals surface area contributed by atoms with Crippen LogP contribution in [0.1, 0.15) is 12.5 Å². The number of hydrogen-bond acceptors (Lipinski definition) is 3. The monoisotopic (exact) mass is 220 g/mol. The molecule has 0 spiro atoms. The van der Waals surface area contributed by atoms with Crippen molar-refractivity contribution in [1.29, 1.82) is 0 Å². The predicted octanol–water partition coefficient (Wildman–Crippen LogP) is 1.87. The summed E-state index contributed by atoms with van der Waals surface area (Å²) in [5.41, 5.74) is -0.652. The Balaban J connectivity index is 3.08. The van der Waals surface area contributed by atoms with E-state index < -0.39 is 17.5 Å². The fourth-order valence-corrected chi connectivity index (χ4v) is 1.64. The van der Waals surface area contributed by atoms with Crippen molar-refractivity contribution in [3.63, 3.8) is 0 Å². The minimum Gasteiger partial charge on any atom is -0.468 e. The molecule has 0 unspecified atom stereocenters. The van der Waals surface area contributed by atoms with Crippen LogP contribution in [0.5, 0.6) is 0 Å². The van der Waals surface area contributed by atoms with E-state index in [9.17, 15) is 9.90 Å². The molecule has 0 radical (unpaired) electrons. The third kappa shape index (κ3) is 2.31. The van der Waals surface area contributed by atoms with Gasteiger partial charge >= 0.3 is 5.97 Å². The van der Waals surface area contributed by atoms with Gasteiger partial charge in [0.05, 0.1) is 7.11 Å². The van der Waals surface area contributed by atoms with E-state index in [1.807, 2.05) is 6.07 Å². The molecular formula is C13H16O3. The zero-order chi connectivity index (χ0) is 12.2. The normalized spacial score (nSPS) is 15.9. The lowest BCUT2D eigenvalue weighted by molar-refractivity contribution is -0.152. The molecule has 0 amide bonds. The first-order valence-electron chi connectivity index (χ1n) is 5.02. The highest BCUT2D eigenvalue weighted by Gasteiger charge is 2.37. The second kappa shape index (κ2) is 4.94. The number of carbonyl (C=O) groups is 1. The van der Waals surface area contributed by atoms with E-state index in [1.165, 1.54) is 13.2 Å². The molecule has 3 nitrogen and oxygen atoms in total. The maximum Gasteiger partial charge on any atom is 0.315 e. The lowest BCUT2D eigenvalue weighted by atomic mass is 9.83. The van der Waals surface area contributed by atoms with Crippen molar-refractivity contribution in [3.05, 3.63) is 48.6 Å². The molecule has 0 aromatic heterocycles. The van der Waals surface area contributed by atoms with Crippen molar-refractivity contribution >= 4 is 5.97 Å². The van der Waals surface area contributed by atoms with E-state index in [0.29, 0.717) is 5.56 Å². The lowest BCUT2D eigenvalue weighted by Gasteiger charge is -2.29. The Bertz CT molecular complexity index is 368. The van der Waals surface area contributed by atoms with Gasteiger partial charge in [0.2, 0.25) is 0 Å². The van der Waals surface area contributed by atoms with Crippen LogP contribution in [0.3, 0.4) is 0 Å². The molecule has 0 aliphatic heterocycles. The highest BCUT2D eigenvalue weighted by atomic mass is 16.5. The number of esters is 1. The minimum atomic E-state index is -1.31. The van der Waals surface area contributed by atoms with Crippen molar-refractivity contribution in [2.24, 2.45) is 5.92 Å². The summed E-state index contributed by atoms with van der Waals surface area (Å²) in [5.74, 6) is -1.27. The summed E-state index contributed by atoms with van der Waals surface area (Å²) in [7, 11) is 1.29. The highest BCUT2D eigenvalue weighted by molar-refractivity contribution is 5.76. The van der Waals surface area contributed by atoms with Gasteiger partial charge < -0.3 is 9.84 Å². The summed E-state index contributed by atoms with van der Waals surface area (Å²) in [4.78, 5) is 11.5. The molecule has 0 aliphatic rings. The van der Waals surface area contributed by atoms with Crippen molar-refractivity contribution in [2.45, 2.75) is 12.5 Å². The van der Waals surface area contributed by atoms with Gasteiger partial charge in [0.1, 0.15) is 11.5 Å². The average Bonchev–Trinajstić information content (AvgIpc) is 2.30. The molecule has 1 aromatic carbocycles. The molecule has 0 fully saturated rings. The van der Waals surface area contributed by atoms with Gasteiger partial charge in [-0.15, -0.1) is 6.58 Å². The third-order valence-electron chi connectivity index (χ3n) is 2.65. The van der Waals surface area contributed by atoms with Gasteiger partial charge in [0, 0.05) is 0 Å². The molecule has 0 saturated carbocycles. The average molecular weight is 220 g/mol. The van der Waals surface area contributed by atoms with Gasteiger partial charge in [-0.3, -0.25) is 4.79 Å². The van der Waals surface area contributed by atoms with Gasteiger partial charge in [-0.25, -0.2) is 0 Å². The van der Waals surface area contributed by atoms with E-state index in [4.69, 9.17) is 0 Å². The Morgan fingerprint density at radius 1 is 1.50 bits per heavy atom. The van der Waals surface area contributed by atoms with Crippen LogP contribution in [-0.4, -0.2) is 18.2 Å². The summed E-state index contributed by atoms with van der Waals surface area (Å²) in [6, 6.07) is 8.99. The fourth-order valence-electron chi connectivity index (χ4n) is 1.64. The zero-order valence-electron chi connectivity index (χ0n) is 9.51. The van der Waals surface area contributed by atoms with Crippen LogP contribution < -0.4 is 0 Å². The number of rotatable bonds is 4. The Labute approximate surface area is 95.4 Å². The van der Waals surface area contributed by atoms with Crippen LogP contribution in [0.4, 0.5) is 0 Å². The number of ether oxygens (including phenoxy) is 1. The molecule has 1 rings (SSSR count). The molecule has 0 heterocycles. The van der Waals surface area contributed by atoms with Crippen LogP contribution in [0.15, 0.2) is 43.0 Å². The molecule has 0 saturated heterocycles. The van der Waals surface area contributed by atoms with Crippen LogP contribution in [0.2, 0.25) is 0 Å². The van der Waals surface area contributed by atoms with E-state index in [1.54, 1.807) is 31.2 Å². The second-order valence-electron chi connectivity index (χ2n) is 3.75. The number of benzene rings is 1. The summed E-state index contributed by atoms with van der Waals surface area (Å²) >= 11 is 0. The first-order valence-corrected chi connectivity index (χ1v) is 5.02. The van der Waals surface area contributed by atoms with Crippen LogP contribution >= 0.6 is 0 Å². The van der Waals surface area contributed by atoms with Crippen LogP contribution in [-0.2, 0) is 15.1 Å². The zero-order valence-corrected chi connectivity index (χ0v) is 9.51. The maximum atomic E-state index is 11.5. The summed E-state index contributed by atoms with van der Waals surface area (Å²) in [6.07, 6.45) is 1.40. The molecule has 0 aliphatic carbocycles. The second-order valence-corrected chi connectivity index (χ2v) is 3.75. The van der Waals surface area contributed by atoms with Crippen molar-refractivity contribution in [3.8, 4) is 0 Å². The van der Waals surface area contributed by atoms with Gasteiger partial charge in [-0.1, -0.05) is 36.4 Å². The third-order valence-corrected chi connectivity index (χ3v) is 2.65. The van der Waals surface area contributed by atoms with Gasteiger partial charge in [-0.2, -0.15) is 0 Å². The smallest absolute Gasteiger partial charge is 0.315 e. The SMILES string of the molecule is C=C[C@H](C(=O)OC)[C@@](C)(O)c1ccccc1. The largest absolute Gasteiger partial charge is 0.468 e. The first-order chi connectivity index (χ1) is 7.54. The van der Waals surface area contributed by atoms with Crippen LogP contribution in [0.25, 0.3) is 0 Å². The summed E-state index contributed by atoms with van der Waals surface area (Å²) in [6.45, 7) is 5.14. The summed E-state index contributed by atoms with van der Waals surface area (Å²) < 4.78 is 4.64. The number of aliphatic hydroxyl groups is 1. The maximum absolute atomic E-state index is 11.5. The van der Waals surface area contributed by atoms with E-state index in [0.717, 1.165) is 0 Å².